The molecule has 0 aliphatic heterocycles. The van der Waals surface area contributed by atoms with Crippen LogP contribution in [0.1, 0.15) is 17.5 Å². The first-order valence-corrected chi connectivity index (χ1v) is 3.14. The number of alkyl halides is 1. The zero-order chi connectivity index (χ0) is 7.56. The molecule has 2 nitrogen and oxygen atoms in total. The molecule has 0 radical (unpaired) electrons. The Morgan fingerprint density at radius 1 is 1.80 bits per heavy atom. The van der Waals surface area contributed by atoms with Crippen molar-refractivity contribution < 1.29 is 8.81 Å². The van der Waals surface area contributed by atoms with Gasteiger partial charge in [0, 0.05) is 6.54 Å². The Balaban J connectivity index is 2.82. The minimum absolute atomic E-state index is 0.0195. The monoisotopic (exact) mass is 143 g/mol. The van der Waals surface area contributed by atoms with Crippen molar-refractivity contribution in [3.8, 4) is 0 Å². The lowest BCUT2D eigenvalue weighted by molar-refractivity contribution is 0.292. The van der Waals surface area contributed by atoms with Crippen LogP contribution < -0.4 is 5.73 Å². The van der Waals surface area contributed by atoms with Crippen molar-refractivity contribution >= 4 is 0 Å². The van der Waals surface area contributed by atoms with Gasteiger partial charge >= 0.3 is 0 Å². The highest BCUT2D eigenvalue weighted by Crippen LogP contribution is 2.20. The molecule has 1 atom stereocenters. The van der Waals surface area contributed by atoms with Crippen LogP contribution in [0.3, 0.4) is 0 Å². The van der Waals surface area contributed by atoms with Crippen LogP contribution in [0.5, 0.6) is 0 Å². The molecule has 0 spiro atoms. The van der Waals surface area contributed by atoms with E-state index in [0.29, 0.717) is 5.76 Å². The van der Waals surface area contributed by atoms with Crippen molar-refractivity contribution in [3.63, 3.8) is 0 Å². The molecule has 0 aliphatic rings. The molecule has 0 aromatic carbocycles. The molecule has 0 saturated carbocycles. The van der Waals surface area contributed by atoms with Crippen LogP contribution in [0.2, 0.25) is 0 Å². The highest BCUT2D eigenvalue weighted by atomic mass is 19.1. The topological polar surface area (TPSA) is 39.2 Å². The molecule has 0 saturated heterocycles. The molecule has 1 rings (SSSR count). The number of nitrogens with two attached hydrogens (primary N) is 1. The van der Waals surface area contributed by atoms with Crippen LogP contribution >= 0.6 is 0 Å². The van der Waals surface area contributed by atoms with E-state index in [9.17, 15) is 4.39 Å². The molecule has 1 heterocycles. The molecule has 0 amide bonds. The Kier molecular flexibility index (Phi) is 2.06. The third-order valence-corrected chi connectivity index (χ3v) is 1.39. The van der Waals surface area contributed by atoms with Gasteiger partial charge in [-0.05, 0) is 18.6 Å². The third-order valence-electron chi connectivity index (χ3n) is 1.39. The molecule has 1 aromatic rings. The van der Waals surface area contributed by atoms with E-state index in [1.807, 2.05) is 0 Å². The van der Waals surface area contributed by atoms with Crippen LogP contribution in [0.4, 0.5) is 4.39 Å². The normalized spacial score (nSPS) is 13.5. The van der Waals surface area contributed by atoms with Crippen molar-refractivity contribution in [2.45, 2.75) is 13.1 Å². The van der Waals surface area contributed by atoms with Crippen molar-refractivity contribution in [2.75, 3.05) is 6.54 Å². The Labute approximate surface area is 58.8 Å². The summed E-state index contributed by atoms with van der Waals surface area (Å²) in [5.41, 5.74) is 5.91. The first kappa shape index (κ1) is 7.28. The van der Waals surface area contributed by atoms with E-state index in [-0.39, 0.29) is 6.54 Å². The van der Waals surface area contributed by atoms with Gasteiger partial charge in [-0.2, -0.15) is 0 Å². The first-order valence-electron chi connectivity index (χ1n) is 3.14. The Morgan fingerprint density at radius 2 is 2.50 bits per heavy atom. The highest BCUT2D eigenvalue weighted by Gasteiger charge is 2.12. The summed E-state index contributed by atoms with van der Waals surface area (Å²) in [5.74, 6) is 0.350. The number of hydrogen-bond donors (Lipinski definition) is 1. The fourth-order valence-electron chi connectivity index (χ4n) is 0.812. The number of furan rings is 1. The average molecular weight is 143 g/mol. The van der Waals surface area contributed by atoms with E-state index in [4.69, 9.17) is 10.2 Å². The fourth-order valence-corrected chi connectivity index (χ4v) is 0.812. The summed E-state index contributed by atoms with van der Waals surface area (Å²) in [6.45, 7) is 1.77. The van der Waals surface area contributed by atoms with Crippen molar-refractivity contribution in [1.29, 1.82) is 0 Å². The van der Waals surface area contributed by atoms with Gasteiger partial charge in [0.05, 0.1) is 6.26 Å². The fraction of sp³-hybridized carbons (Fsp3) is 0.429. The van der Waals surface area contributed by atoms with Gasteiger partial charge in [0.2, 0.25) is 0 Å². The molecule has 0 aliphatic carbocycles. The lowest BCUT2D eigenvalue weighted by Gasteiger charge is -2.00. The molecule has 10 heavy (non-hydrogen) atoms. The van der Waals surface area contributed by atoms with Crippen molar-refractivity contribution in [3.05, 3.63) is 23.7 Å². The van der Waals surface area contributed by atoms with Gasteiger partial charge in [0.1, 0.15) is 5.76 Å². The second-order valence-corrected chi connectivity index (χ2v) is 2.17. The number of aryl methyl sites for hydroxylation is 1. The van der Waals surface area contributed by atoms with E-state index in [2.05, 4.69) is 0 Å². The number of halogens is 1. The molecule has 1 aromatic heterocycles. The maximum absolute atomic E-state index is 12.7. The molecule has 0 bridgehead atoms. The summed E-state index contributed by atoms with van der Waals surface area (Å²) in [4.78, 5) is 0. The molecular formula is C7H10FNO. The minimum atomic E-state index is -1.16. The van der Waals surface area contributed by atoms with Gasteiger partial charge in [-0.3, -0.25) is 0 Å². The van der Waals surface area contributed by atoms with E-state index in [1.54, 1.807) is 13.0 Å². The first-order chi connectivity index (χ1) is 4.75. The molecule has 0 fully saturated rings. The van der Waals surface area contributed by atoms with Gasteiger partial charge in [-0.15, -0.1) is 0 Å². The zero-order valence-electron chi connectivity index (χ0n) is 5.80. The largest absolute Gasteiger partial charge is 0.466 e. The van der Waals surface area contributed by atoms with Gasteiger partial charge in [-0.25, -0.2) is 4.39 Å². The Hall–Kier alpha value is -0.830. The van der Waals surface area contributed by atoms with Crippen LogP contribution in [-0.2, 0) is 0 Å². The third kappa shape index (κ3) is 1.19. The highest BCUT2D eigenvalue weighted by molar-refractivity contribution is 5.16. The Morgan fingerprint density at radius 3 is 2.90 bits per heavy atom. The lowest BCUT2D eigenvalue weighted by atomic mass is 10.2. The standard InChI is InChI=1S/C7H10FNO/c1-5-2-3-10-7(5)6(8)4-9/h2-3,6H,4,9H2,1H3. The summed E-state index contributed by atoms with van der Waals surface area (Å²) in [5, 5.41) is 0. The maximum Gasteiger partial charge on any atom is 0.170 e. The van der Waals surface area contributed by atoms with Gasteiger partial charge < -0.3 is 10.2 Å². The summed E-state index contributed by atoms with van der Waals surface area (Å²) in [6.07, 6.45) is 0.308. The molecule has 1 unspecified atom stereocenters. The summed E-state index contributed by atoms with van der Waals surface area (Å²) >= 11 is 0. The number of hydrogen-bond acceptors (Lipinski definition) is 2. The SMILES string of the molecule is Cc1ccoc1C(F)CN. The van der Waals surface area contributed by atoms with Crippen LogP contribution in [-0.4, -0.2) is 6.54 Å². The van der Waals surface area contributed by atoms with E-state index in [0.717, 1.165) is 5.56 Å². The van der Waals surface area contributed by atoms with E-state index < -0.39 is 6.17 Å². The molecule has 56 valence electrons. The van der Waals surface area contributed by atoms with Crippen molar-refractivity contribution in [2.24, 2.45) is 5.73 Å². The average Bonchev–Trinajstić information content (AvgIpc) is 2.34. The maximum atomic E-state index is 12.7. The predicted molar refractivity (Wildman–Crippen MR) is 36.3 cm³/mol. The van der Waals surface area contributed by atoms with Gasteiger partial charge in [-0.1, -0.05) is 0 Å². The van der Waals surface area contributed by atoms with Crippen LogP contribution in [0, 0.1) is 6.92 Å². The zero-order valence-corrected chi connectivity index (χ0v) is 5.80. The smallest absolute Gasteiger partial charge is 0.170 e. The van der Waals surface area contributed by atoms with E-state index >= 15 is 0 Å². The second-order valence-electron chi connectivity index (χ2n) is 2.17. The second kappa shape index (κ2) is 2.84. The molecule has 3 heteroatoms. The predicted octanol–water partition coefficient (Wildman–Crippen LogP) is 1.56. The van der Waals surface area contributed by atoms with E-state index in [1.165, 1.54) is 6.26 Å². The quantitative estimate of drug-likeness (QED) is 0.682. The molecular weight excluding hydrogens is 133 g/mol. The van der Waals surface area contributed by atoms with Crippen LogP contribution in [0.15, 0.2) is 16.7 Å². The summed E-state index contributed by atoms with van der Waals surface area (Å²) < 4.78 is 17.6. The number of rotatable bonds is 2. The Bertz CT molecular complexity index is 209. The van der Waals surface area contributed by atoms with Crippen molar-refractivity contribution in [1.82, 2.24) is 0 Å². The lowest BCUT2D eigenvalue weighted by Crippen LogP contribution is -2.07. The summed E-state index contributed by atoms with van der Waals surface area (Å²) in [6, 6.07) is 1.72. The molecule has 2 N–H and O–H groups in total. The van der Waals surface area contributed by atoms with Gasteiger partial charge in [0.15, 0.2) is 6.17 Å². The van der Waals surface area contributed by atoms with Gasteiger partial charge in [0.25, 0.3) is 0 Å². The summed E-state index contributed by atoms with van der Waals surface area (Å²) in [7, 11) is 0. The minimum Gasteiger partial charge on any atom is -0.466 e. The van der Waals surface area contributed by atoms with Crippen LogP contribution in [0.25, 0.3) is 0 Å².